The first-order valence-electron chi connectivity index (χ1n) is 8.21. The Morgan fingerprint density at radius 3 is 2.56 bits per heavy atom. The van der Waals surface area contributed by atoms with Crippen LogP contribution < -0.4 is 10.6 Å². The summed E-state index contributed by atoms with van der Waals surface area (Å²) in [7, 11) is 0. The van der Waals surface area contributed by atoms with E-state index in [1.807, 2.05) is 30.3 Å². The van der Waals surface area contributed by atoms with Crippen LogP contribution in [0, 0.1) is 0 Å². The first-order chi connectivity index (χ1) is 12.9. The van der Waals surface area contributed by atoms with E-state index in [2.05, 4.69) is 10.6 Å². The summed E-state index contributed by atoms with van der Waals surface area (Å²) in [6, 6.07) is 15.5. The molecule has 2 N–H and O–H groups in total. The van der Waals surface area contributed by atoms with Crippen molar-refractivity contribution in [2.45, 2.75) is 19.6 Å². The normalized spacial score (nSPS) is 11.6. The average molecular weight is 387 g/mol. The van der Waals surface area contributed by atoms with Crippen molar-refractivity contribution in [1.29, 1.82) is 0 Å². The van der Waals surface area contributed by atoms with Crippen molar-refractivity contribution in [2.24, 2.45) is 0 Å². The maximum absolute atomic E-state index is 11.9. The van der Waals surface area contributed by atoms with Gasteiger partial charge in [-0.3, -0.25) is 10.1 Å². The Morgan fingerprint density at radius 2 is 1.85 bits per heavy atom. The van der Waals surface area contributed by atoms with Gasteiger partial charge in [0.15, 0.2) is 6.10 Å². The second-order valence-electron chi connectivity index (χ2n) is 5.62. The van der Waals surface area contributed by atoms with Crippen molar-refractivity contribution in [1.82, 2.24) is 10.6 Å². The van der Waals surface area contributed by atoms with Gasteiger partial charge in [0.05, 0.1) is 0 Å². The van der Waals surface area contributed by atoms with E-state index in [1.54, 1.807) is 24.3 Å². The summed E-state index contributed by atoms with van der Waals surface area (Å²) in [5.74, 6) is -1.42. The molecule has 27 heavy (non-hydrogen) atoms. The van der Waals surface area contributed by atoms with E-state index in [4.69, 9.17) is 16.3 Å². The molecular formula is C20H19ClN2O4. The Labute approximate surface area is 162 Å². The highest BCUT2D eigenvalue weighted by molar-refractivity contribution is 6.30. The molecule has 0 fully saturated rings. The van der Waals surface area contributed by atoms with E-state index in [0.29, 0.717) is 5.02 Å². The average Bonchev–Trinajstić information content (AvgIpc) is 2.65. The van der Waals surface area contributed by atoms with E-state index >= 15 is 0 Å². The van der Waals surface area contributed by atoms with Crippen molar-refractivity contribution in [2.75, 3.05) is 0 Å². The highest BCUT2D eigenvalue weighted by Crippen LogP contribution is 2.11. The summed E-state index contributed by atoms with van der Waals surface area (Å²) < 4.78 is 4.98. The summed E-state index contributed by atoms with van der Waals surface area (Å²) in [6.45, 7) is 1.65. The van der Waals surface area contributed by atoms with Crippen LogP contribution in [0.5, 0.6) is 0 Å². The van der Waals surface area contributed by atoms with Crippen molar-refractivity contribution < 1.29 is 19.1 Å². The molecule has 0 aliphatic carbocycles. The van der Waals surface area contributed by atoms with Gasteiger partial charge in [-0.1, -0.05) is 54.1 Å². The lowest BCUT2D eigenvalue weighted by Gasteiger charge is -2.12. The van der Waals surface area contributed by atoms with Crippen LogP contribution in [0.2, 0.25) is 5.02 Å². The maximum atomic E-state index is 11.9. The minimum absolute atomic E-state index is 0.274. The molecule has 0 saturated heterocycles. The summed E-state index contributed by atoms with van der Waals surface area (Å²) in [4.78, 5) is 35.5. The van der Waals surface area contributed by atoms with Crippen molar-refractivity contribution in [3.8, 4) is 0 Å². The highest BCUT2D eigenvalue weighted by Gasteiger charge is 2.18. The van der Waals surface area contributed by atoms with Crippen LogP contribution in [0.1, 0.15) is 18.1 Å². The zero-order valence-corrected chi connectivity index (χ0v) is 15.4. The number of esters is 1. The molecule has 2 rings (SSSR count). The van der Waals surface area contributed by atoms with Crippen LogP contribution in [0.4, 0.5) is 4.79 Å². The lowest BCUT2D eigenvalue weighted by atomic mass is 10.2. The van der Waals surface area contributed by atoms with Crippen LogP contribution in [0.3, 0.4) is 0 Å². The molecule has 2 aromatic rings. The van der Waals surface area contributed by atoms with Gasteiger partial charge in [-0.15, -0.1) is 0 Å². The van der Waals surface area contributed by atoms with Crippen LogP contribution in [0.25, 0.3) is 6.08 Å². The molecule has 3 amide bonds. The molecule has 0 aromatic heterocycles. The van der Waals surface area contributed by atoms with Crippen LogP contribution in [0.15, 0.2) is 60.7 Å². The fraction of sp³-hybridized carbons (Fsp3) is 0.150. The molecule has 2 aromatic carbocycles. The number of imide groups is 1. The molecule has 7 heteroatoms. The molecule has 1 unspecified atom stereocenters. The lowest BCUT2D eigenvalue weighted by Crippen LogP contribution is -2.44. The Hall–Kier alpha value is -3.12. The van der Waals surface area contributed by atoms with Crippen LogP contribution >= 0.6 is 11.6 Å². The Balaban J connectivity index is 1.77. The Bertz CT molecular complexity index is 837. The van der Waals surface area contributed by atoms with Gasteiger partial charge in [-0.2, -0.15) is 0 Å². The third kappa shape index (κ3) is 7.33. The number of urea groups is 1. The Kier molecular flexibility index (Phi) is 7.58. The number of amides is 3. The number of carbonyl (C=O) groups is 3. The number of benzene rings is 2. The topological polar surface area (TPSA) is 84.5 Å². The van der Waals surface area contributed by atoms with Crippen molar-refractivity contribution in [3.05, 3.63) is 76.8 Å². The van der Waals surface area contributed by atoms with Gasteiger partial charge in [0.25, 0.3) is 5.91 Å². The monoisotopic (exact) mass is 386 g/mol. The van der Waals surface area contributed by atoms with Gasteiger partial charge in [0.2, 0.25) is 0 Å². The molecule has 0 bridgehead atoms. The van der Waals surface area contributed by atoms with E-state index in [9.17, 15) is 14.4 Å². The number of nitrogens with one attached hydrogen (secondary N) is 2. The van der Waals surface area contributed by atoms with Crippen LogP contribution in [-0.2, 0) is 20.9 Å². The van der Waals surface area contributed by atoms with Gasteiger partial charge >= 0.3 is 12.0 Å². The zero-order valence-electron chi connectivity index (χ0n) is 14.6. The maximum Gasteiger partial charge on any atom is 0.331 e. The van der Waals surface area contributed by atoms with Crippen LogP contribution in [-0.4, -0.2) is 24.0 Å². The van der Waals surface area contributed by atoms with Gasteiger partial charge in [0.1, 0.15) is 0 Å². The summed E-state index contributed by atoms with van der Waals surface area (Å²) >= 11 is 5.86. The summed E-state index contributed by atoms with van der Waals surface area (Å²) in [5, 5.41) is 5.22. The smallest absolute Gasteiger partial charge is 0.331 e. The molecule has 0 spiro atoms. The second-order valence-corrected chi connectivity index (χ2v) is 6.06. The minimum Gasteiger partial charge on any atom is -0.449 e. The fourth-order valence-corrected chi connectivity index (χ4v) is 2.28. The van der Waals surface area contributed by atoms with Gasteiger partial charge in [-0.05, 0) is 36.3 Å². The van der Waals surface area contributed by atoms with Gasteiger partial charge in [-0.25, -0.2) is 9.59 Å². The number of rotatable bonds is 6. The fourth-order valence-electron chi connectivity index (χ4n) is 2.08. The number of hydrogen-bond acceptors (Lipinski definition) is 4. The van der Waals surface area contributed by atoms with E-state index < -0.39 is 24.0 Å². The molecule has 0 heterocycles. The third-order valence-corrected chi connectivity index (χ3v) is 3.69. The molecule has 6 nitrogen and oxygen atoms in total. The summed E-state index contributed by atoms with van der Waals surface area (Å²) in [5.41, 5.74) is 1.61. The highest BCUT2D eigenvalue weighted by atomic mass is 35.5. The molecule has 1 atom stereocenters. The Morgan fingerprint density at radius 1 is 1.11 bits per heavy atom. The van der Waals surface area contributed by atoms with Crippen molar-refractivity contribution in [3.63, 3.8) is 0 Å². The molecule has 0 aliphatic heterocycles. The predicted molar refractivity (Wildman–Crippen MR) is 103 cm³/mol. The van der Waals surface area contributed by atoms with E-state index in [1.165, 1.54) is 19.1 Å². The molecular weight excluding hydrogens is 368 g/mol. The van der Waals surface area contributed by atoms with E-state index in [-0.39, 0.29) is 6.54 Å². The predicted octanol–water partition coefficient (Wildman–Crippen LogP) is 3.31. The SMILES string of the molecule is CC(OC(=O)/C=C/c1cccc(Cl)c1)C(=O)NC(=O)NCc1ccccc1. The van der Waals surface area contributed by atoms with E-state index in [0.717, 1.165) is 11.1 Å². The van der Waals surface area contributed by atoms with Gasteiger partial charge < -0.3 is 10.1 Å². The first kappa shape index (κ1) is 20.2. The number of ether oxygens (including phenoxy) is 1. The number of halogens is 1. The largest absolute Gasteiger partial charge is 0.449 e. The number of carbonyl (C=O) groups excluding carboxylic acids is 3. The van der Waals surface area contributed by atoms with Crippen molar-refractivity contribution >= 4 is 35.6 Å². The standard InChI is InChI=1S/C20H19ClN2O4/c1-14(27-18(24)11-10-15-8-5-9-17(21)12-15)19(25)23-20(26)22-13-16-6-3-2-4-7-16/h2-12,14H,13H2,1H3,(H2,22,23,25,26)/b11-10+. The summed E-state index contributed by atoms with van der Waals surface area (Å²) in [6.07, 6.45) is 1.58. The molecule has 0 saturated carbocycles. The lowest BCUT2D eigenvalue weighted by molar-refractivity contribution is -0.149. The quantitative estimate of drug-likeness (QED) is 0.589. The first-order valence-corrected chi connectivity index (χ1v) is 8.59. The molecule has 140 valence electrons. The number of hydrogen-bond donors (Lipinski definition) is 2. The molecule has 0 aliphatic rings. The zero-order chi connectivity index (χ0) is 19.6. The molecule has 0 radical (unpaired) electrons. The third-order valence-electron chi connectivity index (χ3n) is 3.46. The minimum atomic E-state index is -1.12. The van der Waals surface area contributed by atoms with Gasteiger partial charge in [0, 0.05) is 17.6 Å². The second kappa shape index (κ2) is 10.1.